The second-order valence-corrected chi connectivity index (χ2v) is 14.0. The Labute approximate surface area is 278 Å². The van der Waals surface area contributed by atoms with E-state index in [9.17, 15) is 0 Å². The quantitative estimate of drug-likeness (QED) is 0.0394. The summed E-state index contributed by atoms with van der Waals surface area (Å²) >= 11 is 0. The summed E-state index contributed by atoms with van der Waals surface area (Å²) in [5.74, 6) is 0. The van der Waals surface area contributed by atoms with Gasteiger partial charge in [0.15, 0.2) is 0 Å². The molecule has 252 valence electrons. The third-order valence-corrected chi connectivity index (χ3v) is 9.23. The van der Waals surface area contributed by atoms with E-state index < -0.39 is 0 Å². The fraction of sp³-hybridized carbons (Fsp3) is 1.00. The van der Waals surface area contributed by atoms with Gasteiger partial charge in [-0.1, -0.05) is 194 Å². The maximum Gasteiger partial charge on any atom is 3.00 e. The van der Waals surface area contributed by atoms with Crippen molar-refractivity contribution in [2.45, 2.75) is 219 Å². The molecule has 4 heteroatoms. The van der Waals surface area contributed by atoms with Gasteiger partial charge in [0.25, 0.3) is 0 Å². The number of nitrogens with zero attached hydrogens (tertiary/aromatic N) is 1. The average Bonchev–Trinajstić information content (AvgIpc) is 2.92. The predicted octanol–water partition coefficient (Wildman–Crippen LogP) is 11.6. The van der Waals surface area contributed by atoms with Gasteiger partial charge in [-0.3, -0.25) is 0 Å². The van der Waals surface area contributed by atoms with E-state index in [1.54, 1.807) is 0 Å². The molecule has 0 aromatic heterocycles. The van der Waals surface area contributed by atoms with Crippen molar-refractivity contribution in [2.75, 3.05) is 27.2 Å². The summed E-state index contributed by atoms with van der Waals surface area (Å²) < 4.78 is 1.25. The van der Waals surface area contributed by atoms with Crippen LogP contribution in [0.2, 0.25) is 0 Å². The smallest absolute Gasteiger partial charge is 0.412 e. The van der Waals surface area contributed by atoms with Gasteiger partial charge in [-0.25, -0.2) is 0 Å². The van der Waals surface area contributed by atoms with Gasteiger partial charge in [0.05, 0.1) is 27.2 Å². The van der Waals surface area contributed by atoms with Crippen molar-refractivity contribution in [3.05, 3.63) is 0 Å². The summed E-state index contributed by atoms with van der Waals surface area (Å²) in [7, 11) is 4.94. The van der Waals surface area contributed by atoms with Crippen LogP contribution in [0.4, 0.5) is 0 Å². The van der Waals surface area contributed by atoms with Crippen LogP contribution in [0.15, 0.2) is 0 Å². The van der Waals surface area contributed by atoms with Gasteiger partial charge in [0.2, 0.25) is 0 Å². The van der Waals surface area contributed by atoms with Crippen LogP contribution in [0.5, 0.6) is 0 Å². The van der Waals surface area contributed by atoms with Crippen LogP contribution < -0.4 is 0 Å². The fourth-order valence-electron chi connectivity index (χ4n) is 6.29. The molecule has 0 aromatic carbocycles. The van der Waals surface area contributed by atoms with Gasteiger partial charge < -0.3 is 15.4 Å². The predicted molar refractivity (Wildman–Crippen MR) is 194 cm³/mol. The number of hydrogen-bond donors (Lipinski definition) is 0. The summed E-state index contributed by atoms with van der Waals surface area (Å²) in [5, 5.41) is 0. The number of quaternary nitrogens is 1. The molecule has 0 radical (unpaired) electrons. The molecule has 0 aliphatic rings. The molecule has 3 nitrogen and oxygen atoms in total. The first-order valence-corrected chi connectivity index (χ1v) is 18.9. The van der Waals surface area contributed by atoms with Crippen molar-refractivity contribution >= 4 is 17.4 Å². The molecule has 0 saturated heterocycles. The molecule has 0 bridgehead atoms. The van der Waals surface area contributed by atoms with Crippen LogP contribution in [0, 0.1) is 0 Å². The van der Waals surface area contributed by atoms with E-state index in [0.717, 1.165) is 0 Å². The van der Waals surface area contributed by atoms with Crippen molar-refractivity contribution in [3.63, 3.8) is 0 Å². The van der Waals surface area contributed by atoms with Crippen LogP contribution in [-0.2, 0) is 0 Å². The second-order valence-electron chi connectivity index (χ2n) is 14.0. The van der Waals surface area contributed by atoms with Crippen LogP contribution in [0.3, 0.4) is 0 Å². The maximum atomic E-state index is 2.47. The van der Waals surface area contributed by atoms with Gasteiger partial charge in [-0.15, -0.1) is 0 Å². The van der Waals surface area contributed by atoms with E-state index in [2.05, 4.69) is 27.9 Å². The van der Waals surface area contributed by atoms with E-state index in [0.29, 0.717) is 0 Å². The molecule has 0 atom stereocenters. The minimum atomic E-state index is 0. The summed E-state index contributed by atoms with van der Waals surface area (Å²) in [6.45, 7) is 7.39. The summed E-state index contributed by atoms with van der Waals surface area (Å²) in [4.78, 5) is 0. The first kappa shape index (κ1) is 49.3. The van der Waals surface area contributed by atoms with Crippen LogP contribution >= 0.6 is 0 Å². The SMILES string of the molecule is CCCCCCCCCCCCCCCCCC[N+](C)(C)CCCCCCCCCCCCCCCCCC.O.O.[Al+3]. The third kappa shape index (κ3) is 42.5. The Morgan fingerprint density at radius 1 is 0.262 bits per heavy atom. The summed E-state index contributed by atoms with van der Waals surface area (Å²) in [6, 6.07) is 0. The Morgan fingerprint density at radius 3 is 0.571 bits per heavy atom. The molecule has 0 spiro atoms. The molecule has 0 amide bonds. The first-order valence-electron chi connectivity index (χ1n) is 18.9. The van der Waals surface area contributed by atoms with Crippen molar-refractivity contribution in [1.29, 1.82) is 0 Å². The molecule has 0 heterocycles. The van der Waals surface area contributed by atoms with Gasteiger partial charge in [-0.2, -0.15) is 0 Å². The molecule has 0 aliphatic carbocycles. The van der Waals surface area contributed by atoms with E-state index in [4.69, 9.17) is 0 Å². The zero-order valence-electron chi connectivity index (χ0n) is 30.1. The topological polar surface area (TPSA) is 63.0 Å². The van der Waals surface area contributed by atoms with Crippen molar-refractivity contribution in [2.24, 2.45) is 0 Å². The summed E-state index contributed by atoms with van der Waals surface area (Å²) in [5.41, 5.74) is 0. The van der Waals surface area contributed by atoms with Gasteiger partial charge >= 0.3 is 17.4 Å². The Hall–Kier alpha value is 0.412. The summed E-state index contributed by atoms with van der Waals surface area (Å²) in [6.07, 6.45) is 46.9. The number of unbranched alkanes of at least 4 members (excludes halogenated alkanes) is 30. The van der Waals surface area contributed by atoms with Gasteiger partial charge in [0, 0.05) is 0 Å². The van der Waals surface area contributed by atoms with Crippen molar-refractivity contribution < 1.29 is 15.4 Å². The molecular weight excluding hydrogens is 529 g/mol. The molecular formula is C38H84AlNO2+4. The van der Waals surface area contributed by atoms with Crippen LogP contribution in [0.25, 0.3) is 0 Å². The molecule has 0 rings (SSSR count). The fourth-order valence-corrected chi connectivity index (χ4v) is 6.29. The zero-order valence-corrected chi connectivity index (χ0v) is 31.2. The van der Waals surface area contributed by atoms with Crippen molar-refractivity contribution in [1.82, 2.24) is 0 Å². The number of rotatable bonds is 34. The van der Waals surface area contributed by atoms with Crippen molar-refractivity contribution in [3.8, 4) is 0 Å². The second kappa shape index (κ2) is 41.4. The normalized spacial score (nSPS) is 11.1. The zero-order chi connectivity index (χ0) is 28.5. The molecule has 42 heavy (non-hydrogen) atoms. The molecule has 0 fully saturated rings. The largest absolute Gasteiger partial charge is 3.00 e. The molecule has 0 aliphatic heterocycles. The standard InChI is InChI=1S/C38H80N.Al.2H2O/c1-5-7-9-11-13-15-17-19-21-23-25-27-29-31-33-35-37-39(3,4)38-36-34-32-30-28-26-24-22-20-18-16-14-12-10-8-6-2;;;/h5-38H2,1-4H3;;2*1H2/q+1;+3;;. The Bertz CT molecular complexity index is 409. The van der Waals surface area contributed by atoms with E-state index in [1.807, 2.05) is 0 Å². The Balaban J connectivity index is -0.00000241. The molecule has 4 N–H and O–H groups in total. The Morgan fingerprint density at radius 2 is 0.405 bits per heavy atom. The maximum absolute atomic E-state index is 2.47. The Kier molecular flexibility index (Phi) is 48.6. The minimum Gasteiger partial charge on any atom is -0.412 e. The van der Waals surface area contributed by atoms with Gasteiger partial charge in [-0.05, 0) is 25.7 Å². The van der Waals surface area contributed by atoms with E-state index >= 15 is 0 Å². The third-order valence-electron chi connectivity index (χ3n) is 9.23. The molecule has 0 unspecified atom stereocenters. The molecule has 0 aromatic rings. The van der Waals surface area contributed by atoms with E-state index in [-0.39, 0.29) is 28.3 Å². The molecule has 0 saturated carbocycles. The average molecular weight is 614 g/mol. The van der Waals surface area contributed by atoms with Crippen LogP contribution in [-0.4, -0.2) is 60.0 Å². The first-order chi connectivity index (χ1) is 19.1. The van der Waals surface area contributed by atoms with Crippen LogP contribution in [0.1, 0.15) is 219 Å². The monoisotopic (exact) mass is 614 g/mol. The number of hydrogen-bond acceptors (Lipinski definition) is 0. The van der Waals surface area contributed by atoms with Gasteiger partial charge in [0.1, 0.15) is 0 Å². The van der Waals surface area contributed by atoms with E-state index in [1.165, 1.54) is 223 Å². The minimum absolute atomic E-state index is 0.